The van der Waals surface area contributed by atoms with Crippen molar-refractivity contribution < 1.29 is 24.5 Å². The van der Waals surface area contributed by atoms with Crippen LogP contribution in [0.5, 0.6) is 0 Å². The third kappa shape index (κ3) is 45.9. The second-order valence-corrected chi connectivity index (χ2v) is 18.3. The van der Waals surface area contributed by atoms with Crippen molar-refractivity contribution in [2.24, 2.45) is 0 Å². The molecule has 0 aromatic carbocycles. The van der Waals surface area contributed by atoms with Crippen LogP contribution in [0.4, 0.5) is 0 Å². The van der Waals surface area contributed by atoms with Crippen LogP contribution < -0.4 is 5.32 Å². The maximum Gasteiger partial charge on any atom is 0.306 e. The molecule has 1 amide bonds. The first kappa shape index (κ1) is 60.6. The molecule has 3 atom stereocenters. The fraction of sp³-hybridized carbons (Fsp3) is 0.789. The molecule has 63 heavy (non-hydrogen) atoms. The zero-order valence-electron chi connectivity index (χ0n) is 41.7. The molecule has 0 rings (SSSR count). The molecule has 0 fully saturated rings. The summed E-state index contributed by atoms with van der Waals surface area (Å²) in [7, 11) is 0. The largest absolute Gasteiger partial charge is 0.458 e. The third-order valence-corrected chi connectivity index (χ3v) is 12.1. The highest BCUT2D eigenvalue weighted by molar-refractivity contribution is 5.78. The number of rotatable bonds is 48. The van der Waals surface area contributed by atoms with Gasteiger partial charge in [0.05, 0.1) is 25.2 Å². The van der Waals surface area contributed by atoms with Gasteiger partial charge < -0.3 is 20.3 Å². The molecule has 0 aliphatic rings. The van der Waals surface area contributed by atoms with Gasteiger partial charge in [-0.25, -0.2) is 0 Å². The highest BCUT2D eigenvalue weighted by Crippen LogP contribution is 2.17. The van der Waals surface area contributed by atoms with Gasteiger partial charge in [0.1, 0.15) is 6.10 Å². The average Bonchev–Trinajstić information content (AvgIpc) is 3.28. The standard InChI is InChI=1S/C57H103NO5/c1-4-7-10-13-16-19-22-24-26-27-28-29-30-32-35-38-41-44-47-50-57(62)63-53(48-45-42-39-36-34-31-25-23-20-17-14-11-8-5-2)51-56(61)58-54(52-59)55(60)49-46-43-40-37-33-21-18-15-12-9-6-3/h8,11,17,20,25,31,36,39,45,48,53-55,59-60H,4-7,9-10,12-16,18-19,21-24,26-30,32-35,37-38,40-44,46-47,49-52H2,1-3H3,(H,58,61)/b11-8+,20-17+,31-25+,39-36+,48-45+. The van der Waals surface area contributed by atoms with Crippen molar-refractivity contribution >= 4 is 11.9 Å². The molecule has 0 bridgehead atoms. The number of hydrogen-bond donors (Lipinski definition) is 3. The van der Waals surface area contributed by atoms with E-state index in [0.717, 1.165) is 64.2 Å². The fourth-order valence-corrected chi connectivity index (χ4v) is 8.04. The summed E-state index contributed by atoms with van der Waals surface area (Å²) < 4.78 is 5.83. The average molecular weight is 882 g/mol. The highest BCUT2D eigenvalue weighted by Gasteiger charge is 2.23. The molecule has 0 aliphatic carbocycles. The van der Waals surface area contributed by atoms with E-state index >= 15 is 0 Å². The summed E-state index contributed by atoms with van der Waals surface area (Å²) in [6, 6.07) is -0.741. The molecule has 0 saturated carbocycles. The van der Waals surface area contributed by atoms with Crippen LogP contribution in [0.15, 0.2) is 60.8 Å². The van der Waals surface area contributed by atoms with Crippen LogP contribution >= 0.6 is 0 Å². The van der Waals surface area contributed by atoms with Gasteiger partial charge >= 0.3 is 5.97 Å². The number of ether oxygens (including phenoxy) is 1. The Balaban J connectivity index is 4.63. The van der Waals surface area contributed by atoms with Crippen LogP contribution in [-0.4, -0.2) is 46.9 Å². The second-order valence-electron chi connectivity index (χ2n) is 18.3. The summed E-state index contributed by atoms with van der Waals surface area (Å²) in [6.07, 6.45) is 63.2. The SMILES string of the molecule is CC/C=C/C/C=C/C/C=C/C/C=C/C/C=C/C(CC(=O)NC(CO)C(O)CCCCCCCCCCCCC)OC(=O)CCCCCCCCCCCCCCCCCCCCC. The lowest BCUT2D eigenvalue weighted by Gasteiger charge is -2.23. The van der Waals surface area contributed by atoms with E-state index in [0.29, 0.717) is 19.3 Å². The maximum atomic E-state index is 13.2. The number of esters is 1. The van der Waals surface area contributed by atoms with Gasteiger partial charge in [0.15, 0.2) is 0 Å². The number of unbranched alkanes of at least 4 members (excludes halogenated alkanes) is 28. The van der Waals surface area contributed by atoms with Crippen LogP contribution in [-0.2, 0) is 14.3 Å². The molecule has 0 radical (unpaired) electrons. The van der Waals surface area contributed by atoms with E-state index in [-0.39, 0.29) is 24.9 Å². The lowest BCUT2D eigenvalue weighted by Crippen LogP contribution is -2.46. The van der Waals surface area contributed by atoms with Gasteiger partial charge in [-0.15, -0.1) is 0 Å². The number of aliphatic hydroxyl groups is 2. The minimum atomic E-state index is -0.818. The Morgan fingerprint density at radius 2 is 0.825 bits per heavy atom. The Kier molecular flexibility index (Phi) is 48.6. The Bertz CT molecular complexity index is 1130. The summed E-state index contributed by atoms with van der Waals surface area (Å²) in [5.74, 6) is -0.620. The van der Waals surface area contributed by atoms with Crippen molar-refractivity contribution in [1.29, 1.82) is 0 Å². The van der Waals surface area contributed by atoms with E-state index in [2.05, 4.69) is 74.7 Å². The molecule has 0 saturated heterocycles. The number of carbonyl (C=O) groups excluding carboxylic acids is 2. The first-order valence-electron chi connectivity index (χ1n) is 27.0. The predicted octanol–water partition coefficient (Wildman–Crippen LogP) is 16.4. The van der Waals surface area contributed by atoms with E-state index < -0.39 is 18.2 Å². The molecule has 0 heterocycles. The van der Waals surface area contributed by atoms with E-state index in [4.69, 9.17) is 4.74 Å². The van der Waals surface area contributed by atoms with Crippen LogP contribution in [0.3, 0.4) is 0 Å². The summed E-state index contributed by atoms with van der Waals surface area (Å²) >= 11 is 0. The molecule has 3 unspecified atom stereocenters. The normalized spacial score (nSPS) is 13.7. The van der Waals surface area contributed by atoms with Gasteiger partial charge in [0, 0.05) is 6.42 Å². The molecular weight excluding hydrogens is 779 g/mol. The quantitative estimate of drug-likeness (QED) is 0.0321. The predicted molar refractivity (Wildman–Crippen MR) is 273 cm³/mol. The van der Waals surface area contributed by atoms with Gasteiger partial charge in [-0.05, 0) is 51.0 Å². The van der Waals surface area contributed by atoms with Crippen molar-refractivity contribution in [1.82, 2.24) is 5.32 Å². The molecule has 6 nitrogen and oxygen atoms in total. The second kappa shape index (κ2) is 50.6. The molecule has 0 aliphatic heterocycles. The topological polar surface area (TPSA) is 95.9 Å². The monoisotopic (exact) mass is 882 g/mol. The van der Waals surface area contributed by atoms with Crippen molar-refractivity contribution in [3.63, 3.8) is 0 Å². The molecule has 0 aromatic heterocycles. The zero-order chi connectivity index (χ0) is 45.9. The minimum absolute atomic E-state index is 0.0443. The molecule has 0 aromatic rings. The number of carbonyl (C=O) groups is 2. The number of nitrogens with one attached hydrogen (secondary N) is 1. The lowest BCUT2D eigenvalue weighted by atomic mass is 10.0. The van der Waals surface area contributed by atoms with Crippen LogP contribution in [0.2, 0.25) is 0 Å². The number of allylic oxidation sites excluding steroid dienone is 9. The molecule has 3 N–H and O–H groups in total. The summed E-state index contributed by atoms with van der Waals surface area (Å²) in [6.45, 7) is 6.34. The van der Waals surface area contributed by atoms with Gasteiger partial charge in [-0.2, -0.15) is 0 Å². The molecule has 0 spiro atoms. The number of hydrogen-bond acceptors (Lipinski definition) is 5. The molecule has 6 heteroatoms. The van der Waals surface area contributed by atoms with Crippen molar-refractivity contribution in [3.05, 3.63) is 60.8 Å². The van der Waals surface area contributed by atoms with Gasteiger partial charge in [0.2, 0.25) is 5.91 Å². The lowest BCUT2D eigenvalue weighted by molar-refractivity contribution is -0.148. The van der Waals surface area contributed by atoms with E-state index in [1.54, 1.807) is 0 Å². The minimum Gasteiger partial charge on any atom is -0.458 e. The van der Waals surface area contributed by atoms with Crippen LogP contribution in [0.1, 0.15) is 265 Å². The first-order chi connectivity index (χ1) is 31.0. The molecular formula is C57H103NO5. The van der Waals surface area contributed by atoms with Crippen LogP contribution in [0, 0.1) is 0 Å². The Labute approximate surface area is 390 Å². The fourth-order valence-electron chi connectivity index (χ4n) is 8.04. The maximum absolute atomic E-state index is 13.2. The van der Waals surface area contributed by atoms with Crippen molar-refractivity contribution in [3.8, 4) is 0 Å². The molecule has 366 valence electrons. The highest BCUT2D eigenvalue weighted by atomic mass is 16.5. The summed E-state index contributed by atoms with van der Waals surface area (Å²) in [5.41, 5.74) is 0. The number of aliphatic hydroxyl groups excluding tert-OH is 2. The van der Waals surface area contributed by atoms with Gasteiger partial charge in [0.25, 0.3) is 0 Å². The zero-order valence-corrected chi connectivity index (χ0v) is 41.7. The van der Waals surface area contributed by atoms with Crippen LogP contribution in [0.25, 0.3) is 0 Å². The van der Waals surface area contributed by atoms with E-state index in [1.807, 2.05) is 12.2 Å². The first-order valence-corrected chi connectivity index (χ1v) is 27.0. The van der Waals surface area contributed by atoms with Gasteiger partial charge in [-0.3, -0.25) is 9.59 Å². The smallest absolute Gasteiger partial charge is 0.306 e. The summed E-state index contributed by atoms with van der Waals surface area (Å²) in [5, 5.41) is 23.7. The van der Waals surface area contributed by atoms with Crippen molar-refractivity contribution in [2.45, 2.75) is 283 Å². The van der Waals surface area contributed by atoms with Crippen molar-refractivity contribution in [2.75, 3.05) is 6.61 Å². The van der Waals surface area contributed by atoms with E-state index in [9.17, 15) is 19.8 Å². The Morgan fingerprint density at radius 1 is 0.476 bits per heavy atom. The summed E-state index contributed by atoms with van der Waals surface area (Å²) in [4.78, 5) is 26.1. The van der Waals surface area contributed by atoms with E-state index in [1.165, 1.54) is 154 Å². The third-order valence-electron chi connectivity index (χ3n) is 12.1. The number of amides is 1. The Morgan fingerprint density at radius 3 is 1.21 bits per heavy atom. The Hall–Kier alpha value is -2.44. The van der Waals surface area contributed by atoms with Gasteiger partial charge in [-0.1, -0.05) is 262 Å².